The van der Waals surface area contributed by atoms with E-state index in [1.165, 1.54) is 0 Å². The summed E-state index contributed by atoms with van der Waals surface area (Å²) in [5, 5.41) is 4.41. The fraction of sp³-hybridized carbons (Fsp3) is 0.500. The predicted molar refractivity (Wildman–Crippen MR) is 41.7 cm³/mol. The second-order valence-electron chi connectivity index (χ2n) is 0.810. The van der Waals surface area contributed by atoms with Crippen LogP contribution in [0, 0.1) is 0 Å². The maximum Gasteiger partial charge on any atom is 0.330 e. The summed E-state index contributed by atoms with van der Waals surface area (Å²) in [6, 6.07) is 0. The minimum atomic E-state index is -0.0191. The number of amides is 1. The maximum absolute atomic E-state index is 10.2. The first-order chi connectivity index (χ1) is 3.31. The minimum Gasteiger partial charge on any atom is -0.392 e. The third kappa shape index (κ3) is 4.60. The number of hydrogen-bond acceptors (Lipinski definition) is 1. The Hall–Kier alpha value is 0.745. The zero-order valence-corrected chi connectivity index (χ0v) is 7.19. The Labute approximate surface area is 64.7 Å². The van der Waals surface area contributed by atoms with Crippen LogP contribution in [-0.2, 0) is 4.79 Å². The van der Waals surface area contributed by atoms with Gasteiger partial charge >= 0.3 is 5.27 Å². The van der Waals surface area contributed by atoms with E-state index in [-0.39, 0.29) is 5.91 Å². The standard InChI is InChI=1S/C2H3BBrINO/c4-1-2(7)6-3-5/h1H2,(H,6,7). The maximum atomic E-state index is 10.2. The molecule has 0 bridgehead atoms. The number of halogens is 2. The van der Waals surface area contributed by atoms with Crippen LogP contribution in [0.5, 0.6) is 0 Å². The summed E-state index contributed by atoms with van der Waals surface area (Å²) in [5.41, 5.74) is 0. The zero-order valence-electron chi connectivity index (χ0n) is 3.45. The van der Waals surface area contributed by atoms with Gasteiger partial charge in [-0.1, -0.05) is 15.9 Å². The molecule has 0 heterocycles. The molecule has 0 aliphatic rings. The monoisotopic (exact) mass is 274 g/mol. The number of rotatable bonds is 2. The van der Waals surface area contributed by atoms with Crippen LogP contribution in [0.1, 0.15) is 0 Å². The van der Waals surface area contributed by atoms with Gasteiger partial charge in [0.15, 0.2) is 0 Å². The highest BCUT2D eigenvalue weighted by molar-refractivity contribution is 14.1. The van der Waals surface area contributed by atoms with Crippen molar-refractivity contribution in [1.82, 2.24) is 5.23 Å². The van der Waals surface area contributed by atoms with Crippen LogP contribution in [0.4, 0.5) is 0 Å². The molecule has 5 heteroatoms. The van der Waals surface area contributed by atoms with E-state index in [1.54, 1.807) is 5.27 Å². The van der Waals surface area contributed by atoms with Crippen LogP contribution < -0.4 is 5.23 Å². The molecule has 0 unspecified atom stereocenters. The molecule has 1 radical (unpaired) electrons. The number of alkyl halides is 1. The Morgan fingerprint density at radius 1 is 2.00 bits per heavy atom. The van der Waals surface area contributed by atoms with Gasteiger partial charge in [0.25, 0.3) is 0 Å². The van der Waals surface area contributed by atoms with Gasteiger partial charge in [0.1, 0.15) is 0 Å². The lowest BCUT2D eigenvalue weighted by molar-refractivity contribution is -0.116. The molecule has 0 aromatic carbocycles. The molecule has 0 fully saturated rings. The molecular formula is C2H3BBrINO. The van der Waals surface area contributed by atoms with E-state index in [1.807, 2.05) is 22.4 Å². The molecule has 39 valence electrons. The Morgan fingerprint density at radius 2 is 2.57 bits per heavy atom. The molecule has 0 saturated heterocycles. The second kappa shape index (κ2) is 4.89. The minimum absolute atomic E-state index is 0.0191. The van der Waals surface area contributed by atoms with Crippen LogP contribution in [0.25, 0.3) is 0 Å². The Morgan fingerprint density at radius 3 is 2.71 bits per heavy atom. The summed E-state index contributed by atoms with van der Waals surface area (Å²) in [5.74, 6) is -0.0191. The molecule has 0 aliphatic carbocycles. The van der Waals surface area contributed by atoms with Crippen molar-refractivity contribution >= 4 is 49.5 Å². The van der Waals surface area contributed by atoms with Gasteiger partial charge < -0.3 is 5.23 Å². The van der Waals surface area contributed by atoms with E-state index in [4.69, 9.17) is 0 Å². The quantitative estimate of drug-likeness (QED) is 0.443. The van der Waals surface area contributed by atoms with Gasteiger partial charge in [-0.3, -0.25) is 4.79 Å². The van der Waals surface area contributed by atoms with Crippen LogP contribution in [0.15, 0.2) is 0 Å². The van der Waals surface area contributed by atoms with Gasteiger partial charge in [-0.2, -0.15) is 0 Å². The van der Waals surface area contributed by atoms with Gasteiger partial charge in [-0.05, 0) is 0 Å². The molecule has 0 atom stereocenters. The first kappa shape index (κ1) is 7.74. The number of carbonyl (C=O) groups excluding carboxylic acids is 1. The lowest BCUT2D eigenvalue weighted by Crippen LogP contribution is -2.24. The van der Waals surface area contributed by atoms with Crippen molar-refractivity contribution in [1.29, 1.82) is 0 Å². The summed E-state index contributed by atoms with van der Waals surface area (Å²) >= 11 is 4.93. The van der Waals surface area contributed by atoms with Gasteiger partial charge in [-0.15, -0.1) is 22.4 Å². The van der Waals surface area contributed by atoms with Crippen molar-refractivity contribution in [3.63, 3.8) is 0 Å². The Kier molecular flexibility index (Phi) is 5.41. The summed E-state index contributed by atoms with van der Waals surface area (Å²) in [6.07, 6.45) is 0. The molecule has 0 aliphatic heterocycles. The van der Waals surface area contributed by atoms with Crippen LogP contribution in [0.2, 0.25) is 0 Å². The fourth-order valence-corrected chi connectivity index (χ4v) is 0.609. The van der Waals surface area contributed by atoms with E-state index >= 15 is 0 Å². The van der Waals surface area contributed by atoms with Gasteiger partial charge in [-0.25, -0.2) is 0 Å². The van der Waals surface area contributed by atoms with Crippen molar-refractivity contribution in [2.75, 3.05) is 5.33 Å². The SMILES string of the molecule is O=C(CBr)N[B]I. The number of carbonyl (C=O) groups is 1. The van der Waals surface area contributed by atoms with Crippen LogP contribution >= 0.6 is 38.3 Å². The topological polar surface area (TPSA) is 29.1 Å². The summed E-state index contributed by atoms with van der Waals surface area (Å²) in [4.78, 5) is 10.2. The van der Waals surface area contributed by atoms with Crippen LogP contribution in [0.3, 0.4) is 0 Å². The Bertz CT molecular complexity index is 70.7. The van der Waals surface area contributed by atoms with Crippen molar-refractivity contribution in [3.05, 3.63) is 0 Å². The largest absolute Gasteiger partial charge is 0.392 e. The average molecular weight is 275 g/mol. The fourth-order valence-electron chi connectivity index (χ4n) is 0.0994. The van der Waals surface area contributed by atoms with Crippen molar-refractivity contribution in [2.24, 2.45) is 0 Å². The normalized spacial score (nSPS) is 7.71. The third-order valence-corrected chi connectivity index (χ3v) is 1.16. The highest BCUT2D eigenvalue weighted by atomic mass is 127. The number of nitrogens with one attached hydrogen (secondary N) is 1. The van der Waals surface area contributed by atoms with Gasteiger partial charge in [0.2, 0.25) is 5.91 Å². The highest BCUT2D eigenvalue weighted by Crippen LogP contribution is 1.77. The molecule has 1 amide bonds. The van der Waals surface area contributed by atoms with Crippen molar-refractivity contribution < 1.29 is 4.79 Å². The molecule has 0 spiro atoms. The Balaban J connectivity index is 3.00. The molecule has 0 aromatic rings. The van der Waals surface area contributed by atoms with Crippen molar-refractivity contribution in [2.45, 2.75) is 0 Å². The molecule has 0 rings (SSSR count). The van der Waals surface area contributed by atoms with Crippen molar-refractivity contribution in [3.8, 4) is 0 Å². The van der Waals surface area contributed by atoms with E-state index in [0.29, 0.717) is 5.33 Å². The summed E-state index contributed by atoms with van der Waals surface area (Å²) in [6.45, 7) is 0. The first-order valence-electron chi connectivity index (χ1n) is 1.58. The molecule has 2 nitrogen and oxygen atoms in total. The van der Waals surface area contributed by atoms with E-state index in [2.05, 4.69) is 21.2 Å². The third-order valence-electron chi connectivity index (χ3n) is 0.337. The molecule has 1 N–H and O–H groups in total. The summed E-state index contributed by atoms with van der Waals surface area (Å²) < 4.78 is 0. The van der Waals surface area contributed by atoms with E-state index in [0.717, 1.165) is 0 Å². The zero-order chi connectivity index (χ0) is 5.70. The molecule has 0 saturated carbocycles. The van der Waals surface area contributed by atoms with Gasteiger partial charge in [0.05, 0.1) is 5.33 Å². The summed E-state index contributed by atoms with van der Waals surface area (Å²) in [7, 11) is 0. The lowest BCUT2D eigenvalue weighted by atomic mass is 10.4. The second-order valence-corrected chi connectivity index (χ2v) is 1.99. The predicted octanol–water partition coefficient (Wildman–Crippen LogP) is 0.467. The lowest BCUT2D eigenvalue weighted by Gasteiger charge is -1.90. The van der Waals surface area contributed by atoms with Gasteiger partial charge in [0, 0.05) is 0 Å². The molecule has 7 heavy (non-hydrogen) atoms. The first-order valence-corrected chi connectivity index (χ1v) is 3.95. The number of hydrogen-bond donors (Lipinski definition) is 1. The smallest absolute Gasteiger partial charge is 0.330 e. The average Bonchev–Trinajstić information content (AvgIpc) is 1.68. The highest BCUT2D eigenvalue weighted by Gasteiger charge is 1.92. The van der Waals surface area contributed by atoms with E-state index < -0.39 is 0 Å². The molecule has 0 aromatic heterocycles. The van der Waals surface area contributed by atoms with E-state index in [9.17, 15) is 4.79 Å². The molecular weight excluding hydrogens is 272 g/mol. The van der Waals surface area contributed by atoms with Crippen LogP contribution in [-0.4, -0.2) is 16.5 Å².